The summed E-state index contributed by atoms with van der Waals surface area (Å²) >= 11 is 0. The fraction of sp³-hybridized carbons (Fsp3) is 0. The van der Waals surface area contributed by atoms with Gasteiger partial charge in [-0.05, 0) is 60.2 Å². The van der Waals surface area contributed by atoms with Crippen LogP contribution in [-0.4, -0.2) is 14.5 Å². The molecule has 0 saturated carbocycles. The third kappa shape index (κ3) is 4.17. The van der Waals surface area contributed by atoms with E-state index in [4.69, 9.17) is 14.4 Å². The first-order valence-electron chi connectivity index (χ1n) is 15.0. The molecule has 0 aliphatic heterocycles. The molecule has 9 rings (SSSR count). The third-order valence-electron chi connectivity index (χ3n) is 8.49. The summed E-state index contributed by atoms with van der Waals surface area (Å²) in [5.74, 6) is 0.580. The number of benzene rings is 6. The Labute approximate surface area is 259 Å². The summed E-state index contributed by atoms with van der Waals surface area (Å²) in [6.45, 7) is 0. The van der Waals surface area contributed by atoms with Crippen LogP contribution in [0.4, 0.5) is 17.3 Å². The SMILES string of the molecule is c1ccc(-c2cnc(N(c3ccc4c(c3)oc3ccccc34)c3ccc4c(c3)c3ccccc3n4-c3ccccc3)nc2)cc1. The number of nitrogens with zero attached hydrogens (tertiary/aromatic N) is 4. The van der Waals surface area contributed by atoms with Crippen LogP contribution in [0.5, 0.6) is 0 Å². The van der Waals surface area contributed by atoms with Crippen LogP contribution in [0.3, 0.4) is 0 Å². The maximum Gasteiger partial charge on any atom is 0.234 e. The van der Waals surface area contributed by atoms with Gasteiger partial charge < -0.3 is 8.98 Å². The van der Waals surface area contributed by atoms with Gasteiger partial charge in [-0.3, -0.25) is 4.90 Å². The number of rotatable bonds is 5. The molecule has 3 heterocycles. The molecule has 5 heteroatoms. The van der Waals surface area contributed by atoms with E-state index in [2.05, 4.69) is 119 Å². The van der Waals surface area contributed by atoms with Crippen LogP contribution in [0.15, 0.2) is 162 Å². The average Bonchev–Trinajstić information content (AvgIpc) is 3.65. The van der Waals surface area contributed by atoms with Crippen molar-refractivity contribution in [2.45, 2.75) is 0 Å². The maximum absolute atomic E-state index is 6.30. The molecule has 0 spiro atoms. The standard InChI is InChI=1S/C40H26N4O/c1-3-11-27(12-4-1)28-25-41-40(42-26-28)43(31-19-21-34-33-16-8-10-18-38(33)45-39(34)24-31)30-20-22-37-35(23-30)32-15-7-9-17-36(32)44(37)29-13-5-2-6-14-29/h1-26H. The Morgan fingerprint density at radius 1 is 0.467 bits per heavy atom. The second-order valence-corrected chi connectivity index (χ2v) is 11.1. The molecule has 9 aromatic rings. The zero-order valence-electron chi connectivity index (χ0n) is 24.2. The van der Waals surface area contributed by atoms with Crippen molar-refractivity contribution < 1.29 is 4.42 Å². The number of hydrogen-bond donors (Lipinski definition) is 0. The van der Waals surface area contributed by atoms with E-state index < -0.39 is 0 Å². The Kier molecular flexibility index (Phi) is 5.74. The topological polar surface area (TPSA) is 47.1 Å². The van der Waals surface area contributed by atoms with Crippen molar-refractivity contribution in [3.05, 3.63) is 158 Å². The molecule has 0 atom stereocenters. The minimum absolute atomic E-state index is 0.580. The summed E-state index contributed by atoms with van der Waals surface area (Å²) in [5, 5.41) is 4.52. The molecule has 3 aromatic heterocycles. The first kappa shape index (κ1) is 25.3. The Hall–Kier alpha value is -6.20. The lowest BCUT2D eigenvalue weighted by Gasteiger charge is -2.23. The Balaban J connectivity index is 1.25. The number of aromatic nitrogens is 3. The lowest BCUT2D eigenvalue weighted by molar-refractivity contribution is 0.669. The van der Waals surface area contributed by atoms with Crippen LogP contribution in [0.1, 0.15) is 0 Å². The van der Waals surface area contributed by atoms with Crippen molar-refractivity contribution in [1.29, 1.82) is 0 Å². The van der Waals surface area contributed by atoms with E-state index in [1.165, 1.54) is 5.39 Å². The van der Waals surface area contributed by atoms with E-state index in [1.807, 2.05) is 48.8 Å². The van der Waals surface area contributed by atoms with Gasteiger partial charge in [0.05, 0.1) is 16.7 Å². The largest absolute Gasteiger partial charge is 0.456 e. The van der Waals surface area contributed by atoms with E-state index >= 15 is 0 Å². The van der Waals surface area contributed by atoms with E-state index in [0.29, 0.717) is 5.95 Å². The quantitative estimate of drug-likeness (QED) is 0.204. The van der Waals surface area contributed by atoms with E-state index in [0.717, 1.165) is 66.5 Å². The summed E-state index contributed by atoms with van der Waals surface area (Å²) in [4.78, 5) is 11.9. The zero-order valence-corrected chi connectivity index (χ0v) is 24.2. The number of furan rings is 1. The first-order chi connectivity index (χ1) is 22.3. The molecule has 0 N–H and O–H groups in total. The van der Waals surface area contributed by atoms with E-state index in [-0.39, 0.29) is 0 Å². The van der Waals surface area contributed by atoms with Crippen molar-refractivity contribution >= 4 is 61.1 Å². The maximum atomic E-state index is 6.30. The van der Waals surface area contributed by atoms with Crippen molar-refractivity contribution in [3.63, 3.8) is 0 Å². The lowest BCUT2D eigenvalue weighted by atomic mass is 10.1. The molecular formula is C40H26N4O. The summed E-state index contributed by atoms with van der Waals surface area (Å²) in [5.41, 5.74) is 9.04. The molecule has 0 saturated heterocycles. The van der Waals surface area contributed by atoms with Gasteiger partial charge in [0.25, 0.3) is 0 Å². The minimum Gasteiger partial charge on any atom is -0.456 e. The summed E-state index contributed by atoms with van der Waals surface area (Å²) in [6.07, 6.45) is 3.79. The normalized spacial score (nSPS) is 11.6. The molecule has 0 unspecified atom stereocenters. The molecular weight excluding hydrogens is 552 g/mol. The van der Waals surface area contributed by atoms with Gasteiger partial charge in [0.1, 0.15) is 11.2 Å². The average molecular weight is 579 g/mol. The first-order valence-corrected chi connectivity index (χ1v) is 15.0. The van der Waals surface area contributed by atoms with Crippen LogP contribution in [0.25, 0.3) is 60.6 Å². The smallest absolute Gasteiger partial charge is 0.234 e. The fourth-order valence-corrected chi connectivity index (χ4v) is 6.41. The van der Waals surface area contributed by atoms with Crippen LogP contribution < -0.4 is 4.90 Å². The van der Waals surface area contributed by atoms with Crippen molar-refractivity contribution in [2.24, 2.45) is 0 Å². The van der Waals surface area contributed by atoms with Crippen LogP contribution in [-0.2, 0) is 0 Å². The Bertz CT molecular complexity index is 2480. The molecule has 0 bridgehead atoms. The third-order valence-corrected chi connectivity index (χ3v) is 8.49. The molecule has 0 radical (unpaired) electrons. The number of para-hydroxylation sites is 3. The molecule has 0 fully saturated rings. The fourth-order valence-electron chi connectivity index (χ4n) is 6.41. The van der Waals surface area contributed by atoms with Gasteiger partial charge in [-0.15, -0.1) is 0 Å². The van der Waals surface area contributed by atoms with Crippen molar-refractivity contribution in [2.75, 3.05) is 4.90 Å². The second-order valence-electron chi connectivity index (χ2n) is 11.1. The van der Waals surface area contributed by atoms with Crippen LogP contribution >= 0.6 is 0 Å². The summed E-state index contributed by atoms with van der Waals surface area (Å²) in [7, 11) is 0. The Morgan fingerprint density at radius 2 is 1.09 bits per heavy atom. The van der Waals surface area contributed by atoms with Gasteiger partial charge in [-0.2, -0.15) is 0 Å². The van der Waals surface area contributed by atoms with Crippen LogP contribution in [0, 0.1) is 0 Å². The van der Waals surface area contributed by atoms with E-state index in [9.17, 15) is 0 Å². The van der Waals surface area contributed by atoms with E-state index in [1.54, 1.807) is 0 Å². The molecule has 212 valence electrons. The second kappa shape index (κ2) is 10.2. The number of hydrogen-bond acceptors (Lipinski definition) is 4. The van der Waals surface area contributed by atoms with Gasteiger partial charge in [-0.1, -0.05) is 84.9 Å². The predicted molar refractivity (Wildman–Crippen MR) is 184 cm³/mol. The highest BCUT2D eigenvalue weighted by atomic mass is 16.3. The molecule has 5 nitrogen and oxygen atoms in total. The molecule has 45 heavy (non-hydrogen) atoms. The number of fused-ring (bicyclic) bond motifs is 6. The minimum atomic E-state index is 0.580. The van der Waals surface area contributed by atoms with Gasteiger partial charge in [0.15, 0.2) is 0 Å². The van der Waals surface area contributed by atoms with Gasteiger partial charge >= 0.3 is 0 Å². The summed E-state index contributed by atoms with van der Waals surface area (Å²) in [6, 6.07) is 50.4. The Morgan fingerprint density at radius 3 is 1.91 bits per heavy atom. The molecule has 0 aliphatic carbocycles. The van der Waals surface area contributed by atoms with Crippen molar-refractivity contribution in [1.82, 2.24) is 14.5 Å². The molecule has 0 amide bonds. The summed E-state index contributed by atoms with van der Waals surface area (Å²) < 4.78 is 8.63. The monoisotopic (exact) mass is 578 g/mol. The highest BCUT2D eigenvalue weighted by Crippen LogP contribution is 2.40. The lowest BCUT2D eigenvalue weighted by Crippen LogP contribution is -2.13. The molecule has 0 aliphatic rings. The number of anilines is 3. The van der Waals surface area contributed by atoms with Gasteiger partial charge in [0.2, 0.25) is 5.95 Å². The van der Waals surface area contributed by atoms with Crippen LogP contribution in [0.2, 0.25) is 0 Å². The van der Waals surface area contributed by atoms with Gasteiger partial charge in [0, 0.05) is 56.9 Å². The highest BCUT2D eigenvalue weighted by Gasteiger charge is 2.20. The van der Waals surface area contributed by atoms with Crippen molar-refractivity contribution in [3.8, 4) is 16.8 Å². The predicted octanol–water partition coefficient (Wildman–Crippen LogP) is 10.6. The molecule has 6 aromatic carbocycles. The van der Waals surface area contributed by atoms with Gasteiger partial charge in [-0.25, -0.2) is 9.97 Å². The highest BCUT2D eigenvalue weighted by molar-refractivity contribution is 6.11. The zero-order chi connectivity index (χ0) is 29.7.